The van der Waals surface area contributed by atoms with E-state index in [1.807, 2.05) is 0 Å². The molecule has 1 aliphatic heterocycles. The molecule has 1 heterocycles. The predicted octanol–water partition coefficient (Wildman–Crippen LogP) is -0.0880. The maximum atomic E-state index is 11.8. The van der Waals surface area contributed by atoms with E-state index in [-0.39, 0.29) is 12.5 Å². The van der Waals surface area contributed by atoms with Crippen LogP contribution < -0.4 is 0 Å². The Morgan fingerprint density at radius 3 is 2.65 bits per heavy atom. The number of carboxylic acids is 1. The Labute approximate surface area is 99.5 Å². The summed E-state index contributed by atoms with van der Waals surface area (Å²) in [5, 5.41) is 9.09. The highest BCUT2D eigenvalue weighted by Gasteiger charge is 2.37. The molecule has 1 saturated heterocycles. The molecule has 1 rings (SSSR count). The molecule has 6 nitrogen and oxygen atoms in total. The highest BCUT2D eigenvalue weighted by atomic mass is 16.5. The number of methoxy groups -OCH3 is 1. The number of carbonyl (C=O) groups excluding carboxylic acids is 2. The van der Waals surface area contributed by atoms with E-state index in [1.54, 1.807) is 0 Å². The van der Waals surface area contributed by atoms with Gasteiger partial charge in [-0.05, 0) is 13.3 Å². The average molecular weight is 243 g/mol. The van der Waals surface area contributed by atoms with Crippen molar-refractivity contribution in [3.05, 3.63) is 0 Å². The molecule has 1 aliphatic rings. The summed E-state index contributed by atoms with van der Waals surface area (Å²) < 4.78 is 5.12. The van der Waals surface area contributed by atoms with E-state index in [2.05, 4.69) is 0 Å². The minimum atomic E-state index is -1.06. The van der Waals surface area contributed by atoms with Crippen molar-refractivity contribution in [3.8, 4) is 0 Å². The third-order valence-corrected chi connectivity index (χ3v) is 3.05. The first-order chi connectivity index (χ1) is 8.01. The normalized spacial score (nSPS) is 26.4. The molecular formula is C11H17NO5. The summed E-state index contributed by atoms with van der Waals surface area (Å²) in [7, 11) is 1.52. The number of likely N-dealkylation sites (tertiary alicyclic amines) is 1. The molecular weight excluding hydrogens is 226 g/mol. The second kappa shape index (κ2) is 5.77. The lowest BCUT2D eigenvalue weighted by Gasteiger charge is -2.37. The summed E-state index contributed by atoms with van der Waals surface area (Å²) in [5.41, 5.74) is 0. The first kappa shape index (κ1) is 13.6. The van der Waals surface area contributed by atoms with Crippen LogP contribution in [0.15, 0.2) is 0 Å². The van der Waals surface area contributed by atoms with Crippen LogP contribution in [-0.4, -0.2) is 54.0 Å². The van der Waals surface area contributed by atoms with Gasteiger partial charge in [-0.1, -0.05) is 0 Å². The van der Waals surface area contributed by atoms with Crippen LogP contribution in [0.3, 0.4) is 0 Å². The number of carboxylic acid groups (broad SMARTS) is 1. The molecule has 0 saturated carbocycles. The van der Waals surface area contributed by atoms with Gasteiger partial charge < -0.3 is 19.5 Å². The van der Waals surface area contributed by atoms with Crippen molar-refractivity contribution in [3.63, 3.8) is 0 Å². The van der Waals surface area contributed by atoms with Crippen LogP contribution in [0.5, 0.6) is 0 Å². The SMILES string of the molecule is CO[C@H]1CCN(C(=O)[C@@H](C)C=O)C(C(=O)O)C1. The van der Waals surface area contributed by atoms with Gasteiger partial charge in [0, 0.05) is 20.1 Å². The average Bonchev–Trinajstić information content (AvgIpc) is 2.35. The molecule has 1 unspecified atom stereocenters. The van der Waals surface area contributed by atoms with E-state index >= 15 is 0 Å². The molecule has 0 radical (unpaired) electrons. The zero-order valence-corrected chi connectivity index (χ0v) is 9.96. The molecule has 0 bridgehead atoms. The number of hydrogen-bond donors (Lipinski definition) is 1. The van der Waals surface area contributed by atoms with E-state index in [0.29, 0.717) is 19.3 Å². The van der Waals surface area contributed by atoms with Gasteiger partial charge in [-0.15, -0.1) is 0 Å². The van der Waals surface area contributed by atoms with Crippen molar-refractivity contribution in [1.29, 1.82) is 0 Å². The Balaban J connectivity index is 2.80. The Morgan fingerprint density at radius 1 is 1.53 bits per heavy atom. The lowest BCUT2D eigenvalue weighted by Crippen LogP contribution is -2.53. The minimum Gasteiger partial charge on any atom is -0.480 e. The van der Waals surface area contributed by atoms with E-state index < -0.39 is 23.8 Å². The van der Waals surface area contributed by atoms with Gasteiger partial charge in [-0.3, -0.25) is 4.79 Å². The standard InChI is InChI=1S/C11H17NO5/c1-7(6-13)10(14)12-4-3-8(17-2)5-9(12)11(15)16/h6-9H,3-5H2,1-2H3,(H,15,16)/t7-,8-,9?/m0/s1. The highest BCUT2D eigenvalue weighted by Crippen LogP contribution is 2.21. The molecule has 0 aromatic heterocycles. The summed E-state index contributed by atoms with van der Waals surface area (Å²) >= 11 is 0. The second-order valence-corrected chi connectivity index (χ2v) is 4.19. The largest absolute Gasteiger partial charge is 0.480 e. The van der Waals surface area contributed by atoms with Crippen molar-refractivity contribution in [1.82, 2.24) is 4.90 Å². The Hall–Kier alpha value is -1.43. The van der Waals surface area contributed by atoms with Crippen molar-refractivity contribution in [2.45, 2.75) is 31.9 Å². The highest BCUT2D eigenvalue weighted by molar-refractivity contribution is 5.93. The summed E-state index contributed by atoms with van der Waals surface area (Å²) in [6.07, 6.45) is 1.25. The van der Waals surface area contributed by atoms with Gasteiger partial charge in [0.2, 0.25) is 5.91 Å². The van der Waals surface area contributed by atoms with Crippen LogP contribution in [0.4, 0.5) is 0 Å². The van der Waals surface area contributed by atoms with E-state index in [4.69, 9.17) is 9.84 Å². The number of nitrogens with zero attached hydrogens (tertiary/aromatic N) is 1. The first-order valence-corrected chi connectivity index (χ1v) is 5.52. The number of rotatable bonds is 4. The van der Waals surface area contributed by atoms with Crippen molar-refractivity contribution < 1.29 is 24.2 Å². The van der Waals surface area contributed by atoms with Gasteiger partial charge >= 0.3 is 5.97 Å². The number of amides is 1. The quantitative estimate of drug-likeness (QED) is 0.551. The van der Waals surface area contributed by atoms with Gasteiger partial charge in [-0.25, -0.2) is 4.79 Å². The van der Waals surface area contributed by atoms with Crippen molar-refractivity contribution in [2.24, 2.45) is 5.92 Å². The number of ether oxygens (including phenoxy) is 1. The fourth-order valence-corrected chi connectivity index (χ4v) is 1.96. The van der Waals surface area contributed by atoms with Gasteiger partial charge in [-0.2, -0.15) is 0 Å². The maximum absolute atomic E-state index is 11.8. The molecule has 0 aromatic rings. The number of aliphatic carboxylic acids is 1. The Kier molecular flexibility index (Phi) is 4.62. The summed E-state index contributed by atoms with van der Waals surface area (Å²) in [6.45, 7) is 1.78. The first-order valence-electron chi connectivity index (χ1n) is 5.52. The lowest BCUT2D eigenvalue weighted by molar-refractivity contribution is -0.157. The van der Waals surface area contributed by atoms with Gasteiger partial charge in [0.15, 0.2) is 0 Å². The minimum absolute atomic E-state index is 0.147. The van der Waals surface area contributed by atoms with Crippen LogP contribution in [0, 0.1) is 5.92 Å². The molecule has 96 valence electrons. The number of hydrogen-bond acceptors (Lipinski definition) is 4. The van der Waals surface area contributed by atoms with Crippen LogP contribution in [0.25, 0.3) is 0 Å². The molecule has 3 atom stereocenters. The Bertz CT molecular complexity index is 317. The van der Waals surface area contributed by atoms with Crippen LogP contribution in [0.2, 0.25) is 0 Å². The van der Waals surface area contributed by atoms with Gasteiger partial charge in [0.1, 0.15) is 12.3 Å². The van der Waals surface area contributed by atoms with Gasteiger partial charge in [0.05, 0.1) is 12.0 Å². The van der Waals surface area contributed by atoms with Crippen molar-refractivity contribution in [2.75, 3.05) is 13.7 Å². The second-order valence-electron chi connectivity index (χ2n) is 4.19. The molecule has 1 N–H and O–H groups in total. The number of aldehydes is 1. The van der Waals surface area contributed by atoms with Crippen LogP contribution >= 0.6 is 0 Å². The molecule has 1 amide bonds. The molecule has 0 aliphatic carbocycles. The third-order valence-electron chi connectivity index (χ3n) is 3.05. The van der Waals surface area contributed by atoms with Crippen LogP contribution in [-0.2, 0) is 19.1 Å². The Morgan fingerprint density at radius 2 is 2.18 bits per heavy atom. The molecule has 17 heavy (non-hydrogen) atoms. The molecule has 1 fully saturated rings. The fraction of sp³-hybridized carbons (Fsp3) is 0.727. The van der Waals surface area contributed by atoms with Crippen molar-refractivity contribution >= 4 is 18.2 Å². The monoisotopic (exact) mass is 243 g/mol. The summed E-state index contributed by atoms with van der Waals surface area (Å²) in [4.78, 5) is 34.8. The number of piperidine rings is 1. The number of carbonyl (C=O) groups is 3. The maximum Gasteiger partial charge on any atom is 0.326 e. The van der Waals surface area contributed by atoms with Crippen LogP contribution in [0.1, 0.15) is 19.8 Å². The zero-order chi connectivity index (χ0) is 13.0. The topological polar surface area (TPSA) is 83.9 Å². The summed E-state index contributed by atoms with van der Waals surface area (Å²) in [5.74, 6) is -2.28. The third kappa shape index (κ3) is 3.03. The summed E-state index contributed by atoms with van der Waals surface area (Å²) in [6, 6.07) is -0.899. The van der Waals surface area contributed by atoms with E-state index in [0.717, 1.165) is 0 Å². The zero-order valence-electron chi connectivity index (χ0n) is 9.96. The molecule has 6 heteroatoms. The van der Waals surface area contributed by atoms with E-state index in [9.17, 15) is 14.4 Å². The van der Waals surface area contributed by atoms with Gasteiger partial charge in [0.25, 0.3) is 0 Å². The molecule has 0 aromatic carbocycles. The molecule has 0 spiro atoms. The lowest BCUT2D eigenvalue weighted by atomic mass is 9.97. The van der Waals surface area contributed by atoms with E-state index in [1.165, 1.54) is 18.9 Å². The predicted molar refractivity (Wildman–Crippen MR) is 58.4 cm³/mol. The smallest absolute Gasteiger partial charge is 0.326 e. The fourth-order valence-electron chi connectivity index (χ4n) is 1.96.